The second-order valence-electron chi connectivity index (χ2n) is 7.99. The van der Waals surface area contributed by atoms with Crippen LogP contribution in [0.2, 0.25) is 0 Å². The van der Waals surface area contributed by atoms with E-state index in [4.69, 9.17) is 28.4 Å². The number of carboxylic acids is 4. The summed E-state index contributed by atoms with van der Waals surface area (Å²) >= 11 is 0. The molecule has 208 valence electrons. The van der Waals surface area contributed by atoms with Gasteiger partial charge in [0.25, 0.3) is 0 Å². The van der Waals surface area contributed by atoms with Crippen LogP contribution in [0.5, 0.6) is 0 Å². The second-order valence-corrected chi connectivity index (χ2v) is 7.99. The van der Waals surface area contributed by atoms with Crippen molar-refractivity contribution >= 4 is 23.9 Å². The summed E-state index contributed by atoms with van der Waals surface area (Å²) in [6.45, 7) is -0.399. The quantitative estimate of drug-likeness (QED) is 0.316. The third-order valence-electron chi connectivity index (χ3n) is 5.74. The average Bonchev–Trinajstić information content (AvgIpc) is 2.81. The molecule has 14 nitrogen and oxygen atoms in total. The number of rotatable bonds is 4. The molecule has 1 aliphatic rings. The Kier molecular flexibility index (Phi) is 15.1. The molecule has 36 heavy (non-hydrogen) atoms. The van der Waals surface area contributed by atoms with E-state index in [9.17, 15) is 39.6 Å². The largest absolute Gasteiger partial charge is 0.549 e. The summed E-state index contributed by atoms with van der Waals surface area (Å²) in [7, 11) is 0. The predicted molar refractivity (Wildman–Crippen MR) is 108 cm³/mol. The molecule has 0 atom stereocenters. The van der Waals surface area contributed by atoms with Crippen molar-refractivity contribution in [1.82, 2.24) is 0 Å². The van der Waals surface area contributed by atoms with Crippen molar-refractivity contribution < 1.29 is 68.0 Å². The van der Waals surface area contributed by atoms with Gasteiger partial charge in [-0.1, -0.05) is 0 Å². The maximum absolute atomic E-state index is 11.5. The molecule has 1 heterocycles. The molecule has 0 bridgehead atoms. The molecule has 1 fully saturated rings. The van der Waals surface area contributed by atoms with Gasteiger partial charge in [0.05, 0.1) is 87.6 Å². The number of carboxylic acid groups (broad SMARTS) is 4. The molecule has 0 amide bonds. The van der Waals surface area contributed by atoms with E-state index in [0.717, 1.165) is 0 Å². The Hall–Kier alpha value is -2.36. The summed E-state index contributed by atoms with van der Waals surface area (Å²) in [4.78, 5) is 46.2. The molecule has 0 radical (unpaired) electrons. The number of carbonyl (C=O) groups excluding carboxylic acids is 4. The van der Waals surface area contributed by atoms with Gasteiger partial charge >= 0.3 is 0 Å². The first-order chi connectivity index (χ1) is 17.2. The highest BCUT2D eigenvalue weighted by Gasteiger charge is 2.34. The van der Waals surface area contributed by atoms with Crippen LogP contribution in [0.1, 0.15) is 25.7 Å². The SMILES string of the molecule is O=C([O-])C1(C(=O)[O-])CCOCCOCCOCCC(C(=O)[O-])(C(=O)[O-])CCOCCOCCOCC1. The minimum absolute atomic E-state index is 0.0303. The Bertz CT molecular complexity index is 580. The number of hydrogen-bond donors (Lipinski definition) is 0. The highest BCUT2D eigenvalue weighted by Crippen LogP contribution is 2.27. The van der Waals surface area contributed by atoms with E-state index in [1.807, 2.05) is 0 Å². The molecule has 0 spiro atoms. The van der Waals surface area contributed by atoms with E-state index in [1.54, 1.807) is 0 Å². The van der Waals surface area contributed by atoms with E-state index in [2.05, 4.69) is 0 Å². The lowest BCUT2D eigenvalue weighted by atomic mass is 9.81. The summed E-state index contributed by atoms with van der Waals surface area (Å²) in [5.41, 5.74) is -4.55. The van der Waals surface area contributed by atoms with Gasteiger partial charge in [0.2, 0.25) is 0 Å². The number of ether oxygens (including phenoxy) is 6. The summed E-state index contributed by atoms with van der Waals surface area (Å²) in [5.74, 6) is -7.17. The Morgan fingerprint density at radius 2 is 0.528 bits per heavy atom. The fourth-order valence-electron chi connectivity index (χ4n) is 3.30. The molecule has 0 unspecified atom stereocenters. The van der Waals surface area contributed by atoms with Gasteiger partial charge in [-0.15, -0.1) is 0 Å². The van der Waals surface area contributed by atoms with Crippen molar-refractivity contribution in [3.63, 3.8) is 0 Å². The molecule has 1 rings (SSSR count). The molecule has 14 heteroatoms. The third kappa shape index (κ3) is 10.3. The van der Waals surface area contributed by atoms with Crippen molar-refractivity contribution in [2.45, 2.75) is 25.7 Å². The van der Waals surface area contributed by atoms with Crippen LogP contribution in [0.4, 0.5) is 0 Å². The lowest BCUT2D eigenvalue weighted by Crippen LogP contribution is -2.55. The van der Waals surface area contributed by atoms with Crippen molar-refractivity contribution in [3.05, 3.63) is 0 Å². The molecule has 0 aromatic rings. The van der Waals surface area contributed by atoms with Gasteiger partial charge in [-0.3, -0.25) is 0 Å². The van der Waals surface area contributed by atoms with Gasteiger partial charge in [0, 0.05) is 26.4 Å². The smallest absolute Gasteiger partial charge is 0.0701 e. The Morgan fingerprint density at radius 1 is 0.361 bits per heavy atom. The first-order valence-corrected chi connectivity index (χ1v) is 11.5. The summed E-state index contributed by atoms with van der Waals surface area (Å²) in [6.07, 6.45) is -1.57. The zero-order valence-electron chi connectivity index (χ0n) is 20.0. The first-order valence-electron chi connectivity index (χ1n) is 11.5. The molecule has 1 saturated heterocycles. The standard InChI is InChI=1S/C22H36O14/c23-17(24)21(18(25)26)1-5-31-9-13-35-15-11-33-7-3-22(19(27)28,20(29)30)4-8-34-12-16-36-14-10-32-6-2-21/h1-16H2,(H,23,24)(H,25,26)(H,27,28)(H,29,30)/p-4. The minimum atomic E-state index is -2.27. The van der Waals surface area contributed by atoms with E-state index in [0.29, 0.717) is 0 Å². The Labute approximate surface area is 208 Å². The van der Waals surface area contributed by atoms with Crippen molar-refractivity contribution in [1.29, 1.82) is 0 Å². The van der Waals surface area contributed by atoms with Gasteiger partial charge < -0.3 is 68.0 Å². The predicted octanol–water partition coefficient (Wildman–Crippen LogP) is -5.37. The number of hydrogen-bond acceptors (Lipinski definition) is 14. The van der Waals surface area contributed by atoms with Crippen molar-refractivity contribution in [2.24, 2.45) is 10.8 Å². The average molecular weight is 520 g/mol. The maximum Gasteiger partial charge on any atom is 0.0701 e. The third-order valence-corrected chi connectivity index (χ3v) is 5.74. The van der Waals surface area contributed by atoms with Gasteiger partial charge in [-0.25, -0.2) is 0 Å². The van der Waals surface area contributed by atoms with Crippen LogP contribution in [-0.4, -0.2) is 103 Å². The number of carbonyl (C=O) groups is 4. The van der Waals surface area contributed by atoms with Crippen LogP contribution in [0, 0.1) is 10.8 Å². The second kappa shape index (κ2) is 17.2. The van der Waals surface area contributed by atoms with E-state index >= 15 is 0 Å². The van der Waals surface area contributed by atoms with E-state index in [1.165, 1.54) is 0 Å². The summed E-state index contributed by atoms with van der Waals surface area (Å²) in [6, 6.07) is 0. The monoisotopic (exact) mass is 520 g/mol. The van der Waals surface area contributed by atoms with Gasteiger partial charge in [-0.05, 0) is 25.7 Å². The molecule has 0 N–H and O–H groups in total. The van der Waals surface area contributed by atoms with Crippen LogP contribution in [0.3, 0.4) is 0 Å². The lowest BCUT2D eigenvalue weighted by molar-refractivity contribution is -0.347. The number of aliphatic carboxylic acids is 4. The van der Waals surface area contributed by atoms with Crippen molar-refractivity contribution in [2.75, 3.05) is 79.3 Å². The fraction of sp³-hybridized carbons (Fsp3) is 0.818. The van der Waals surface area contributed by atoms with Gasteiger partial charge in [-0.2, -0.15) is 0 Å². The highest BCUT2D eigenvalue weighted by atomic mass is 16.5. The molecule has 0 aliphatic carbocycles. The molecule has 0 aromatic heterocycles. The van der Waals surface area contributed by atoms with Crippen LogP contribution < -0.4 is 20.4 Å². The Morgan fingerprint density at radius 3 is 0.694 bits per heavy atom. The van der Waals surface area contributed by atoms with Gasteiger partial charge in [0.1, 0.15) is 0 Å². The van der Waals surface area contributed by atoms with Crippen LogP contribution >= 0.6 is 0 Å². The summed E-state index contributed by atoms with van der Waals surface area (Å²) in [5, 5.41) is 46.2. The van der Waals surface area contributed by atoms with E-state index < -0.39 is 60.4 Å². The fourth-order valence-corrected chi connectivity index (χ4v) is 3.30. The molecular weight excluding hydrogens is 488 g/mol. The van der Waals surface area contributed by atoms with E-state index in [-0.39, 0.29) is 79.3 Å². The normalized spacial score (nSPS) is 22.4. The summed E-state index contributed by atoms with van der Waals surface area (Å²) < 4.78 is 31.5. The zero-order valence-corrected chi connectivity index (χ0v) is 20.0. The lowest BCUT2D eigenvalue weighted by Gasteiger charge is -2.35. The highest BCUT2D eigenvalue weighted by molar-refractivity contribution is 5.96. The van der Waals surface area contributed by atoms with Gasteiger partial charge in [0.15, 0.2) is 0 Å². The topological polar surface area (TPSA) is 216 Å². The maximum atomic E-state index is 11.5. The molecule has 1 aliphatic heterocycles. The molecule has 0 saturated carbocycles. The molecular formula is C22H32O14-4. The molecule has 0 aromatic carbocycles. The Balaban J connectivity index is 2.66. The zero-order chi connectivity index (χ0) is 26.9. The van der Waals surface area contributed by atoms with Crippen LogP contribution in [0.15, 0.2) is 0 Å². The van der Waals surface area contributed by atoms with Crippen LogP contribution in [0.25, 0.3) is 0 Å². The first kappa shape index (κ1) is 31.7. The minimum Gasteiger partial charge on any atom is -0.549 e. The van der Waals surface area contributed by atoms with Crippen molar-refractivity contribution in [3.8, 4) is 0 Å². The van der Waals surface area contributed by atoms with Crippen LogP contribution in [-0.2, 0) is 47.6 Å².